The van der Waals surface area contributed by atoms with Crippen LogP contribution < -0.4 is 0 Å². The molecule has 0 aliphatic heterocycles. The Labute approximate surface area is 115 Å². The van der Waals surface area contributed by atoms with Gasteiger partial charge in [-0.05, 0) is 39.5 Å². The van der Waals surface area contributed by atoms with Crippen molar-refractivity contribution in [3.8, 4) is 0 Å². The van der Waals surface area contributed by atoms with Gasteiger partial charge in [0.25, 0.3) is 0 Å². The van der Waals surface area contributed by atoms with E-state index in [1.165, 1.54) is 12.8 Å². The van der Waals surface area contributed by atoms with E-state index < -0.39 is 0 Å². The third kappa shape index (κ3) is 9.63. The smallest absolute Gasteiger partial charge is 0.309 e. The molecule has 102 valence electrons. The Bertz CT molecular complexity index is 221. The maximum atomic E-state index is 11.7. The number of ether oxygens (including phenoxy) is 1. The standard InChI is InChI=1S/C14H27BrO2/c1-11(10-15)8-6-7-9-12(2)13(16)17-14(3,4)5/h11-12H,6-10H2,1-5H3. The van der Waals surface area contributed by atoms with Crippen LogP contribution in [0.4, 0.5) is 0 Å². The summed E-state index contributed by atoms with van der Waals surface area (Å²) in [5.41, 5.74) is -0.365. The molecule has 0 aliphatic carbocycles. The molecular weight excluding hydrogens is 280 g/mol. The summed E-state index contributed by atoms with van der Waals surface area (Å²) in [7, 11) is 0. The number of halogens is 1. The van der Waals surface area contributed by atoms with E-state index in [9.17, 15) is 4.79 Å². The lowest BCUT2D eigenvalue weighted by molar-refractivity contribution is -0.159. The first-order valence-electron chi connectivity index (χ1n) is 6.55. The van der Waals surface area contributed by atoms with E-state index in [1.807, 2.05) is 27.7 Å². The first-order chi connectivity index (χ1) is 7.76. The van der Waals surface area contributed by atoms with E-state index >= 15 is 0 Å². The Morgan fingerprint density at radius 2 is 1.71 bits per heavy atom. The van der Waals surface area contributed by atoms with Crippen molar-refractivity contribution in [3.05, 3.63) is 0 Å². The van der Waals surface area contributed by atoms with Crippen molar-refractivity contribution in [2.45, 2.75) is 65.9 Å². The van der Waals surface area contributed by atoms with Crippen molar-refractivity contribution < 1.29 is 9.53 Å². The monoisotopic (exact) mass is 306 g/mol. The average Bonchev–Trinajstić information content (AvgIpc) is 2.21. The van der Waals surface area contributed by atoms with Crippen LogP contribution in [0.15, 0.2) is 0 Å². The number of esters is 1. The minimum atomic E-state index is -0.365. The second kappa shape index (κ2) is 8.12. The average molecular weight is 307 g/mol. The maximum absolute atomic E-state index is 11.7. The Kier molecular flexibility index (Phi) is 8.10. The molecular formula is C14H27BrO2. The van der Waals surface area contributed by atoms with Gasteiger partial charge in [0.15, 0.2) is 0 Å². The SMILES string of the molecule is CC(CBr)CCCCC(C)C(=O)OC(C)(C)C. The number of hydrogen-bond acceptors (Lipinski definition) is 2. The first kappa shape index (κ1) is 16.9. The molecule has 0 aromatic rings. The molecule has 0 radical (unpaired) electrons. The van der Waals surface area contributed by atoms with E-state index in [4.69, 9.17) is 4.74 Å². The van der Waals surface area contributed by atoms with E-state index in [0.29, 0.717) is 0 Å². The zero-order chi connectivity index (χ0) is 13.5. The van der Waals surface area contributed by atoms with E-state index in [2.05, 4.69) is 22.9 Å². The minimum absolute atomic E-state index is 0.0218. The largest absolute Gasteiger partial charge is 0.460 e. The zero-order valence-corrected chi connectivity index (χ0v) is 13.5. The zero-order valence-electron chi connectivity index (χ0n) is 11.9. The molecule has 0 aliphatic rings. The molecule has 3 heteroatoms. The summed E-state index contributed by atoms with van der Waals surface area (Å²) >= 11 is 3.48. The molecule has 0 bridgehead atoms. The Hall–Kier alpha value is -0.0500. The fourth-order valence-electron chi connectivity index (χ4n) is 1.54. The van der Waals surface area contributed by atoms with Crippen LogP contribution in [0.1, 0.15) is 60.3 Å². The fourth-order valence-corrected chi connectivity index (χ4v) is 1.86. The predicted octanol–water partition coefficient (Wildman–Crippen LogP) is 4.56. The molecule has 0 aromatic carbocycles. The van der Waals surface area contributed by atoms with Gasteiger partial charge in [0.2, 0.25) is 0 Å². The molecule has 0 heterocycles. The van der Waals surface area contributed by atoms with Crippen LogP contribution >= 0.6 is 15.9 Å². The van der Waals surface area contributed by atoms with Gasteiger partial charge in [0.1, 0.15) is 5.60 Å². The van der Waals surface area contributed by atoms with Crippen LogP contribution in [0.3, 0.4) is 0 Å². The lowest BCUT2D eigenvalue weighted by Crippen LogP contribution is -2.27. The highest BCUT2D eigenvalue weighted by Gasteiger charge is 2.21. The topological polar surface area (TPSA) is 26.3 Å². The van der Waals surface area contributed by atoms with Gasteiger partial charge >= 0.3 is 5.97 Å². The summed E-state index contributed by atoms with van der Waals surface area (Å²) < 4.78 is 5.35. The summed E-state index contributed by atoms with van der Waals surface area (Å²) in [6.45, 7) is 9.94. The van der Waals surface area contributed by atoms with Gasteiger partial charge in [0, 0.05) is 5.33 Å². The van der Waals surface area contributed by atoms with Crippen molar-refractivity contribution in [2.24, 2.45) is 11.8 Å². The maximum Gasteiger partial charge on any atom is 0.309 e. The second-order valence-corrected chi connectivity index (χ2v) is 6.63. The molecule has 2 nitrogen and oxygen atoms in total. The molecule has 0 aromatic heterocycles. The van der Waals surface area contributed by atoms with Gasteiger partial charge in [-0.1, -0.05) is 42.6 Å². The minimum Gasteiger partial charge on any atom is -0.460 e. The van der Waals surface area contributed by atoms with Crippen molar-refractivity contribution in [1.82, 2.24) is 0 Å². The van der Waals surface area contributed by atoms with Crippen molar-refractivity contribution in [1.29, 1.82) is 0 Å². The molecule has 0 amide bonds. The van der Waals surface area contributed by atoms with E-state index in [0.717, 1.165) is 24.1 Å². The van der Waals surface area contributed by atoms with Gasteiger partial charge in [0.05, 0.1) is 5.92 Å². The van der Waals surface area contributed by atoms with E-state index in [1.54, 1.807) is 0 Å². The third-order valence-corrected chi connectivity index (χ3v) is 3.76. The highest BCUT2D eigenvalue weighted by atomic mass is 79.9. The summed E-state index contributed by atoms with van der Waals surface area (Å²) in [5, 5.41) is 1.06. The summed E-state index contributed by atoms with van der Waals surface area (Å²) in [4.78, 5) is 11.7. The highest BCUT2D eigenvalue weighted by Crippen LogP contribution is 2.17. The molecule has 0 fully saturated rings. The second-order valence-electron chi connectivity index (χ2n) is 5.98. The molecule has 17 heavy (non-hydrogen) atoms. The van der Waals surface area contributed by atoms with Crippen LogP contribution in [0.25, 0.3) is 0 Å². The van der Waals surface area contributed by atoms with Crippen LogP contribution in [-0.4, -0.2) is 16.9 Å². The van der Waals surface area contributed by atoms with Crippen LogP contribution in [0, 0.1) is 11.8 Å². The van der Waals surface area contributed by atoms with Crippen LogP contribution in [0.2, 0.25) is 0 Å². The number of carbonyl (C=O) groups excluding carboxylic acids is 1. The summed E-state index contributed by atoms with van der Waals surface area (Å²) in [6, 6.07) is 0. The lowest BCUT2D eigenvalue weighted by Gasteiger charge is -2.22. The van der Waals surface area contributed by atoms with Crippen molar-refractivity contribution in [3.63, 3.8) is 0 Å². The number of unbranched alkanes of at least 4 members (excludes halogenated alkanes) is 1. The summed E-state index contributed by atoms with van der Waals surface area (Å²) in [6.07, 6.45) is 4.47. The Morgan fingerprint density at radius 3 is 2.18 bits per heavy atom. The van der Waals surface area contributed by atoms with Crippen molar-refractivity contribution in [2.75, 3.05) is 5.33 Å². The fraction of sp³-hybridized carbons (Fsp3) is 0.929. The van der Waals surface area contributed by atoms with Gasteiger partial charge in [-0.2, -0.15) is 0 Å². The first-order valence-corrected chi connectivity index (χ1v) is 7.67. The molecule has 0 N–H and O–H groups in total. The van der Waals surface area contributed by atoms with Gasteiger partial charge in [-0.25, -0.2) is 0 Å². The van der Waals surface area contributed by atoms with Gasteiger partial charge < -0.3 is 4.74 Å². The number of hydrogen-bond donors (Lipinski definition) is 0. The number of carbonyl (C=O) groups is 1. The molecule has 2 atom stereocenters. The highest BCUT2D eigenvalue weighted by molar-refractivity contribution is 9.09. The van der Waals surface area contributed by atoms with Crippen molar-refractivity contribution >= 4 is 21.9 Å². The van der Waals surface area contributed by atoms with Gasteiger partial charge in [-0.15, -0.1) is 0 Å². The van der Waals surface area contributed by atoms with Crippen LogP contribution in [-0.2, 0) is 9.53 Å². The van der Waals surface area contributed by atoms with Crippen LogP contribution in [0.5, 0.6) is 0 Å². The molecule has 0 saturated carbocycles. The number of rotatable bonds is 7. The Balaban J connectivity index is 3.72. The normalized spacial score (nSPS) is 15.4. The molecule has 2 unspecified atom stereocenters. The summed E-state index contributed by atoms with van der Waals surface area (Å²) in [5.74, 6) is 0.686. The lowest BCUT2D eigenvalue weighted by atomic mass is 10.00. The van der Waals surface area contributed by atoms with E-state index in [-0.39, 0.29) is 17.5 Å². The molecule has 0 rings (SSSR count). The molecule has 0 spiro atoms. The Morgan fingerprint density at radius 1 is 1.18 bits per heavy atom. The van der Waals surface area contributed by atoms with Gasteiger partial charge in [-0.3, -0.25) is 4.79 Å². The predicted molar refractivity (Wildman–Crippen MR) is 76.4 cm³/mol. The number of alkyl halides is 1. The quantitative estimate of drug-likeness (QED) is 0.392. The third-order valence-electron chi connectivity index (χ3n) is 2.66. The molecule has 0 saturated heterocycles.